The summed E-state index contributed by atoms with van der Waals surface area (Å²) in [7, 11) is 0. The minimum atomic E-state index is -1.02. The zero-order valence-corrected chi connectivity index (χ0v) is 9.29. The first kappa shape index (κ1) is 12.9. The number of nitro groups is 1. The first-order valence-electron chi connectivity index (χ1n) is 4.52. The second-order valence-corrected chi connectivity index (χ2v) is 3.43. The minimum absolute atomic E-state index is 0.152. The molecule has 0 amide bonds. The van der Waals surface area contributed by atoms with Crippen LogP contribution in [0, 0.1) is 10.1 Å². The van der Waals surface area contributed by atoms with Crippen LogP contribution < -0.4 is 0 Å². The van der Waals surface area contributed by atoms with Gasteiger partial charge >= 0.3 is 5.97 Å². The van der Waals surface area contributed by atoms with Crippen molar-refractivity contribution in [2.24, 2.45) is 0 Å². The summed E-state index contributed by atoms with van der Waals surface area (Å²) >= 11 is 5.86. The SMILES string of the molecule is O=C(O)c1ccc(C(Cl)=CC=C[N+](=O)[O-])cc1. The molecule has 17 heavy (non-hydrogen) atoms. The summed E-state index contributed by atoms with van der Waals surface area (Å²) in [5.41, 5.74) is 0.740. The molecule has 0 aliphatic carbocycles. The van der Waals surface area contributed by atoms with Crippen LogP contribution >= 0.6 is 11.6 Å². The molecule has 0 fully saturated rings. The summed E-state index contributed by atoms with van der Waals surface area (Å²) in [6.07, 6.45) is 3.32. The first-order valence-corrected chi connectivity index (χ1v) is 4.89. The number of hydrogen-bond donors (Lipinski definition) is 1. The summed E-state index contributed by atoms with van der Waals surface area (Å²) in [5.74, 6) is -1.02. The van der Waals surface area contributed by atoms with Gasteiger partial charge in [-0.25, -0.2) is 4.79 Å². The van der Waals surface area contributed by atoms with Crippen LogP contribution in [0.3, 0.4) is 0 Å². The molecular weight excluding hydrogens is 246 g/mol. The van der Waals surface area contributed by atoms with E-state index in [0.717, 1.165) is 6.20 Å². The summed E-state index contributed by atoms with van der Waals surface area (Å²) in [4.78, 5) is 20.0. The molecule has 0 aliphatic heterocycles. The van der Waals surface area contributed by atoms with Crippen molar-refractivity contribution in [3.8, 4) is 0 Å². The molecule has 1 N–H and O–H groups in total. The number of halogens is 1. The third-order valence-electron chi connectivity index (χ3n) is 1.86. The molecule has 88 valence electrons. The van der Waals surface area contributed by atoms with Crippen molar-refractivity contribution in [2.45, 2.75) is 0 Å². The number of carboxylic acid groups (broad SMARTS) is 1. The van der Waals surface area contributed by atoms with Crippen LogP contribution in [0.1, 0.15) is 15.9 Å². The Bertz CT molecular complexity index is 491. The molecule has 1 aromatic carbocycles. The Hall–Kier alpha value is -2.14. The number of hydrogen-bond acceptors (Lipinski definition) is 3. The predicted octanol–water partition coefficient (Wildman–Crippen LogP) is 2.75. The molecule has 0 atom stereocenters. The number of nitrogens with zero attached hydrogens (tertiary/aromatic N) is 1. The molecule has 0 unspecified atom stereocenters. The summed E-state index contributed by atoms with van der Waals surface area (Å²) in [6, 6.07) is 5.88. The molecule has 0 saturated carbocycles. The highest BCUT2D eigenvalue weighted by atomic mass is 35.5. The van der Waals surface area contributed by atoms with Crippen molar-refractivity contribution in [1.82, 2.24) is 0 Å². The molecule has 5 nitrogen and oxygen atoms in total. The fourth-order valence-corrected chi connectivity index (χ4v) is 1.26. The van der Waals surface area contributed by atoms with Gasteiger partial charge in [0.2, 0.25) is 6.20 Å². The Balaban J connectivity index is 2.86. The van der Waals surface area contributed by atoms with Gasteiger partial charge in [-0.05, 0) is 23.8 Å². The second-order valence-electron chi connectivity index (χ2n) is 3.02. The van der Waals surface area contributed by atoms with E-state index in [-0.39, 0.29) is 5.56 Å². The lowest BCUT2D eigenvalue weighted by molar-refractivity contribution is -0.402. The van der Waals surface area contributed by atoms with Gasteiger partial charge in [0.05, 0.1) is 10.5 Å². The van der Waals surface area contributed by atoms with E-state index in [0.29, 0.717) is 10.6 Å². The van der Waals surface area contributed by atoms with Crippen molar-refractivity contribution in [3.05, 3.63) is 63.9 Å². The standard InChI is InChI=1S/C11H8ClNO4/c12-10(2-1-7-13(16)17)8-3-5-9(6-4-8)11(14)15/h1-7H,(H,14,15). The third kappa shape index (κ3) is 4.08. The van der Waals surface area contributed by atoms with E-state index in [1.165, 1.54) is 36.4 Å². The molecule has 6 heteroatoms. The summed E-state index contributed by atoms with van der Waals surface area (Å²) < 4.78 is 0. The molecule has 0 heterocycles. The Morgan fingerprint density at radius 2 is 1.82 bits per heavy atom. The zero-order chi connectivity index (χ0) is 12.8. The van der Waals surface area contributed by atoms with Crippen LogP contribution in [0.2, 0.25) is 0 Å². The highest BCUT2D eigenvalue weighted by Gasteiger charge is 2.02. The van der Waals surface area contributed by atoms with E-state index in [9.17, 15) is 14.9 Å². The Labute approximate surface area is 102 Å². The van der Waals surface area contributed by atoms with E-state index in [1.54, 1.807) is 0 Å². The van der Waals surface area contributed by atoms with E-state index in [2.05, 4.69) is 0 Å². The highest BCUT2D eigenvalue weighted by Crippen LogP contribution is 2.19. The van der Waals surface area contributed by atoms with Gasteiger partial charge < -0.3 is 5.11 Å². The molecular formula is C11H8ClNO4. The molecule has 0 aliphatic rings. The lowest BCUT2D eigenvalue weighted by Gasteiger charge is -1.99. The average Bonchev–Trinajstić information content (AvgIpc) is 2.28. The number of carboxylic acids is 1. The molecule has 0 aromatic heterocycles. The number of carbonyl (C=O) groups is 1. The molecule has 1 aromatic rings. The molecule has 1 rings (SSSR count). The Morgan fingerprint density at radius 3 is 2.29 bits per heavy atom. The van der Waals surface area contributed by atoms with E-state index >= 15 is 0 Å². The molecule has 0 saturated heterocycles. The maximum atomic E-state index is 10.6. The maximum Gasteiger partial charge on any atom is 0.335 e. The van der Waals surface area contributed by atoms with Crippen LogP contribution in [0.4, 0.5) is 0 Å². The number of rotatable bonds is 4. The maximum absolute atomic E-state index is 10.6. The largest absolute Gasteiger partial charge is 0.478 e. The number of allylic oxidation sites excluding steroid dienone is 2. The minimum Gasteiger partial charge on any atom is -0.478 e. The molecule has 0 bridgehead atoms. The normalized spacial score (nSPS) is 11.7. The smallest absolute Gasteiger partial charge is 0.335 e. The number of aromatic carboxylic acids is 1. The van der Waals surface area contributed by atoms with Crippen LogP contribution in [0.25, 0.3) is 5.03 Å². The van der Waals surface area contributed by atoms with Gasteiger partial charge in [-0.15, -0.1) is 0 Å². The quantitative estimate of drug-likeness (QED) is 0.508. The van der Waals surface area contributed by atoms with E-state index < -0.39 is 10.9 Å². The first-order chi connectivity index (χ1) is 8.00. The third-order valence-corrected chi connectivity index (χ3v) is 2.20. The fraction of sp³-hybridized carbons (Fsp3) is 0. The van der Waals surface area contributed by atoms with E-state index in [1.807, 2.05) is 0 Å². The van der Waals surface area contributed by atoms with Gasteiger partial charge in [-0.1, -0.05) is 23.7 Å². The zero-order valence-electron chi connectivity index (χ0n) is 8.54. The van der Waals surface area contributed by atoms with Crippen molar-refractivity contribution in [1.29, 1.82) is 0 Å². The highest BCUT2D eigenvalue weighted by molar-refractivity contribution is 6.48. The lowest BCUT2D eigenvalue weighted by atomic mass is 10.1. The summed E-state index contributed by atoms with van der Waals surface area (Å²) in [6.45, 7) is 0. The number of benzene rings is 1. The van der Waals surface area contributed by atoms with Crippen molar-refractivity contribution in [3.63, 3.8) is 0 Å². The van der Waals surface area contributed by atoms with Crippen LogP contribution in [-0.2, 0) is 0 Å². The van der Waals surface area contributed by atoms with Gasteiger partial charge in [0.25, 0.3) is 0 Å². The van der Waals surface area contributed by atoms with E-state index in [4.69, 9.17) is 16.7 Å². The molecule has 0 radical (unpaired) electrons. The Morgan fingerprint density at radius 1 is 1.29 bits per heavy atom. The average molecular weight is 254 g/mol. The van der Waals surface area contributed by atoms with Crippen LogP contribution in [0.5, 0.6) is 0 Å². The summed E-state index contributed by atoms with van der Waals surface area (Å²) in [5, 5.41) is 19.0. The lowest BCUT2D eigenvalue weighted by Crippen LogP contribution is -1.95. The molecule has 0 spiro atoms. The monoisotopic (exact) mass is 253 g/mol. The topological polar surface area (TPSA) is 80.4 Å². The van der Waals surface area contributed by atoms with Gasteiger partial charge in [0.1, 0.15) is 0 Å². The van der Waals surface area contributed by atoms with Gasteiger partial charge in [-0.3, -0.25) is 10.1 Å². The van der Waals surface area contributed by atoms with Gasteiger partial charge in [-0.2, -0.15) is 0 Å². The second kappa shape index (κ2) is 5.81. The fourth-order valence-electron chi connectivity index (χ4n) is 1.07. The van der Waals surface area contributed by atoms with Crippen LogP contribution in [-0.4, -0.2) is 16.0 Å². The van der Waals surface area contributed by atoms with Crippen molar-refractivity contribution >= 4 is 22.6 Å². The van der Waals surface area contributed by atoms with Crippen LogP contribution in [0.15, 0.2) is 42.6 Å². The van der Waals surface area contributed by atoms with Gasteiger partial charge in [0, 0.05) is 11.1 Å². The predicted molar refractivity (Wildman–Crippen MR) is 63.4 cm³/mol. The van der Waals surface area contributed by atoms with Crippen molar-refractivity contribution < 1.29 is 14.8 Å². The Kier molecular flexibility index (Phi) is 4.42. The van der Waals surface area contributed by atoms with Crippen molar-refractivity contribution in [2.75, 3.05) is 0 Å². The van der Waals surface area contributed by atoms with Gasteiger partial charge in [0.15, 0.2) is 0 Å².